The lowest BCUT2D eigenvalue weighted by Crippen LogP contribution is -2.44. The Morgan fingerprint density at radius 2 is 2.14 bits per heavy atom. The van der Waals surface area contributed by atoms with Crippen molar-refractivity contribution in [2.24, 2.45) is 7.05 Å². The van der Waals surface area contributed by atoms with E-state index in [0.717, 1.165) is 17.8 Å². The summed E-state index contributed by atoms with van der Waals surface area (Å²) < 4.78 is 34.3. The van der Waals surface area contributed by atoms with E-state index in [0.29, 0.717) is 19.8 Å². The van der Waals surface area contributed by atoms with E-state index in [1.165, 1.54) is 6.07 Å². The molecule has 2 aromatic rings. The Labute approximate surface area is 126 Å². The molecule has 6 heteroatoms. The zero-order valence-electron chi connectivity index (χ0n) is 12.1. The molecule has 4 nitrogen and oxygen atoms in total. The topological polar surface area (TPSA) is 34.5 Å². The van der Waals surface area contributed by atoms with Crippen molar-refractivity contribution in [3.63, 3.8) is 0 Å². The second-order valence-corrected chi connectivity index (χ2v) is 5.26. The molecular formula is C16H16F2N2O2. The summed E-state index contributed by atoms with van der Waals surface area (Å²) in [5, 5.41) is 0. The van der Waals surface area contributed by atoms with Gasteiger partial charge in [0, 0.05) is 31.5 Å². The molecule has 1 fully saturated rings. The van der Waals surface area contributed by atoms with Gasteiger partial charge in [0.2, 0.25) is 0 Å². The fraction of sp³-hybridized carbons (Fsp3) is 0.312. The van der Waals surface area contributed by atoms with E-state index in [4.69, 9.17) is 4.74 Å². The number of hydrogen-bond acceptors (Lipinski definition) is 2. The van der Waals surface area contributed by atoms with Crippen LogP contribution in [0.4, 0.5) is 8.78 Å². The van der Waals surface area contributed by atoms with Gasteiger partial charge in [0.05, 0.1) is 24.8 Å². The minimum atomic E-state index is -0.845. The maximum Gasteiger partial charge on any atom is 0.257 e. The molecule has 0 bridgehead atoms. The molecule has 1 aromatic heterocycles. The Kier molecular flexibility index (Phi) is 3.94. The fourth-order valence-corrected chi connectivity index (χ4v) is 2.73. The number of carbonyl (C=O) groups excluding carboxylic acids is 1. The molecule has 1 atom stereocenters. The molecule has 0 saturated carbocycles. The predicted octanol–water partition coefficient (Wildman–Crippen LogP) is 2.52. The number of carbonyl (C=O) groups is 1. The van der Waals surface area contributed by atoms with Crippen molar-refractivity contribution in [1.82, 2.24) is 9.47 Å². The molecule has 1 aromatic carbocycles. The molecule has 3 rings (SSSR count). The van der Waals surface area contributed by atoms with Gasteiger partial charge in [0.25, 0.3) is 5.91 Å². The van der Waals surface area contributed by atoms with Gasteiger partial charge in [-0.2, -0.15) is 0 Å². The largest absolute Gasteiger partial charge is 0.377 e. The van der Waals surface area contributed by atoms with Crippen molar-refractivity contribution < 1.29 is 18.3 Å². The molecular weight excluding hydrogens is 290 g/mol. The van der Waals surface area contributed by atoms with Crippen LogP contribution in [0, 0.1) is 11.6 Å². The van der Waals surface area contributed by atoms with Gasteiger partial charge in [0.1, 0.15) is 11.6 Å². The Morgan fingerprint density at radius 3 is 2.82 bits per heavy atom. The van der Waals surface area contributed by atoms with Gasteiger partial charge in [-0.1, -0.05) is 0 Å². The van der Waals surface area contributed by atoms with E-state index in [2.05, 4.69) is 0 Å². The van der Waals surface area contributed by atoms with Gasteiger partial charge in [-0.25, -0.2) is 8.78 Å². The molecule has 0 unspecified atom stereocenters. The van der Waals surface area contributed by atoms with E-state index in [-0.39, 0.29) is 11.6 Å². The van der Waals surface area contributed by atoms with E-state index >= 15 is 0 Å². The van der Waals surface area contributed by atoms with E-state index in [9.17, 15) is 13.6 Å². The molecule has 0 N–H and O–H groups in total. The summed E-state index contributed by atoms with van der Waals surface area (Å²) in [6.07, 6.45) is 1.88. The summed E-state index contributed by atoms with van der Waals surface area (Å²) in [6, 6.07) is 6.50. The Balaban J connectivity index is 1.93. The first-order chi connectivity index (χ1) is 10.6. The molecule has 1 aliphatic rings. The molecule has 0 radical (unpaired) electrons. The third-order valence-electron chi connectivity index (χ3n) is 3.88. The number of morpholine rings is 1. The second-order valence-electron chi connectivity index (χ2n) is 5.26. The van der Waals surface area contributed by atoms with Crippen LogP contribution in [0.1, 0.15) is 22.1 Å². The van der Waals surface area contributed by atoms with Crippen molar-refractivity contribution in [2.75, 3.05) is 19.8 Å². The lowest BCUT2D eigenvalue weighted by Gasteiger charge is -2.36. The number of rotatable bonds is 2. The van der Waals surface area contributed by atoms with Gasteiger partial charge in [0.15, 0.2) is 0 Å². The van der Waals surface area contributed by atoms with Crippen LogP contribution in [0.15, 0.2) is 36.5 Å². The SMILES string of the molecule is Cn1cccc1[C@@H]1COCCN1C(=O)c1ccc(F)cc1F. The predicted molar refractivity (Wildman–Crippen MR) is 76.4 cm³/mol. The first kappa shape index (κ1) is 14.7. The highest BCUT2D eigenvalue weighted by Crippen LogP contribution is 2.26. The quantitative estimate of drug-likeness (QED) is 0.854. The van der Waals surface area contributed by atoms with Gasteiger partial charge < -0.3 is 14.2 Å². The van der Waals surface area contributed by atoms with Crippen LogP contribution in [-0.4, -0.2) is 35.1 Å². The van der Waals surface area contributed by atoms with Gasteiger partial charge in [-0.3, -0.25) is 4.79 Å². The number of hydrogen-bond donors (Lipinski definition) is 0. The van der Waals surface area contributed by atoms with Crippen molar-refractivity contribution in [3.05, 3.63) is 59.4 Å². The Hall–Kier alpha value is -2.21. The first-order valence-electron chi connectivity index (χ1n) is 7.03. The average molecular weight is 306 g/mol. The molecule has 0 spiro atoms. The van der Waals surface area contributed by atoms with Crippen LogP contribution < -0.4 is 0 Å². The molecule has 2 heterocycles. The highest BCUT2D eigenvalue weighted by molar-refractivity contribution is 5.94. The van der Waals surface area contributed by atoms with Gasteiger partial charge >= 0.3 is 0 Å². The number of amides is 1. The summed E-state index contributed by atoms with van der Waals surface area (Å²) in [5.41, 5.74) is 0.790. The average Bonchev–Trinajstić information content (AvgIpc) is 2.93. The Bertz CT molecular complexity index is 699. The molecule has 116 valence electrons. The van der Waals surface area contributed by atoms with Gasteiger partial charge in [-0.05, 0) is 24.3 Å². The van der Waals surface area contributed by atoms with Crippen LogP contribution >= 0.6 is 0 Å². The number of aryl methyl sites for hydroxylation is 1. The van der Waals surface area contributed by atoms with Crippen LogP contribution in [0.2, 0.25) is 0 Å². The lowest BCUT2D eigenvalue weighted by molar-refractivity contribution is -0.00487. The van der Waals surface area contributed by atoms with Gasteiger partial charge in [-0.15, -0.1) is 0 Å². The minimum Gasteiger partial charge on any atom is -0.377 e. The standard InChI is InChI=1S/C16H16F2N2O2/c1-19-6-2-3-14(19)15-10-22-8-7-20(15)16(21)12-5-4-11(17)9-13(12)18/h2-6,9,15H,7-8,10H2,1H3/t15-/m0/s1. The number of nitrogens with zero attached hydrogens (tertiary/aromatic N) is 2. The number of benzene rings is 1. The monoisotopic (exact) mass is 306 g/mol. The maximum absolute atomic E-state index is 13.9. The molecule has 0 aliphatic carbocycles. The highest BCUT2D eigenvalue weighted by atomic mass is 19.1. The summed E-state index contributed by atoms with van der Waals surface area (Å²) in [6.45, 7) is 1.12. The summed E-state index contributed by atoms with van der Waals surface area (Å²) in [4.78, 5) is 14.2. The minimum absolute atomic E-state index is 0.123. The van der Waals surface area contributed by atoms with Crippen molar-refractivity contribution in [2.45, 2.75) is 6.04 Å². The summed E-state index contributed by atoms with van der Waals surface area (Å²) in [5.74, 6) is -2.00. The van der Waals surface area contributed by atoms with Crippen molar-refractivity contribution in [1.29, 1.82) is 0 Å². The third kappa shape index (κ3) is 2.62. The van der Waals surface area contributed by atoms with E-state index < -0.39 is 17.5 Å². The van der Waals surface area contributed by atoms with Crippen molar-refractivity contribution >= 4 is 5.91 Å². The first-order valence-corrected chi connectivity index (χ1v) is 7.03. The normalized spacial score (nSPS) is 18.5. The number of aromatic nitrogens is 1. The third-order valence-corrected chi connectivity index (χ3v) is 3.88. The zero-order valence-corrected chi connectivity index (χ0v) is 12.1. The smallest absolute Gasteiger partial charge is 0.257 e. The molecule has 1 aliphatic heterocycles. The zero-order chi connectivity index (χ0) is 15.7. The van der Waals surface area contributed by atoms with Crippen molar-refractivity contribution in [3.8, 4) is 0 Å². The summed E-state index contributed by atoms with van der Waals surface area (Å²) >= 11 is 0. The molecule has 1 saturated heterocycles. The lowest BCUT2D eigenvalue weighted by atomic mass is 10.1. The van der Waals surface area contributed by atoms with E-state index in [1.54, 1.807) is 4.90 Å². The summed E-state index contributed by atoms with van der Waals surface area (Å²) in [7, 11) is 1.88. The van der Waals surface area contributed by atoms with E-state index in [1.807, 2.05) is 29.9 Å². The van der Waals surface area contributed by atoms with Crippen LogP contribution in [0.3, 0.4) is 0 Å². The maximum atomic E-state index is 13.9. The number of ether oxygens (including phenoxy) is 1. The second kappa shape index (κ2) is 5.88. The molecule has 1 amide bonds. The Morgan fingerprint density at radius 1 is 1.32 bits per heavy atom. The van der Waals surface area contributed by atoms with Crippen LogP contribution in [0.25, 0.3) is 0 Å². The fourth-order valence-electron chi connectivity index (χ4n) is 2.73. The highest BCUT2D eigenvalue weighted by Gasteiger charge is 2.31. The molecule has 22 heavy (non-hydrogen) atoms. The van der Waals surface area contributed by atoms with Crippen LogP contribution in [0.5, 0.6) is 0 Å². The van der Waals surface area contributed by atoms with Crippen LogP contribution in [-0.2, 0) is 11.8 Å². The number of halogens is 2.